The van der Waals surface area contributed by atoms with E-state index in [9.17, 15) is 4.79 Å². The number of benzene rings is 1. The maximum absolute atomic E-state index is 13.1. The Kier molecular flexibility index (Phi) is 3.55. The lowest BCUT2D eigenvalue weighted by Crippen LogP contribution is -2.50. The molecule has 2 aromatic heterocycles. The van der Waals surface area contributed by atoms with Gasteiger partial charge in [0.25, 0.3) is 5.91 Å². The van der Waals surface area contributed by atoms with Gasteiger partial charge in [0.2, 0.25) is 0 Å². The molecular formula is C18H18ClN5O2. The van der Waals surface area contributed by atoms with Gasteiger partial charge < -0.3 is 14.2 Å². The topological polar surface area (TPSA) is 65.2 Å². The first-order valence-corrected chi connectivity index (χ1v) is 9.05. The van der Waals surface area contributed by atoms with Crippen molar-refractivity contribution in [3.63, 3.8) is 0 Å². The molecule has 5 rings (SSSR count). The number of carbonyl (C=O) groups is 1. The zero-order valence-electron chi connectivity index (χ0n) is 14.3. The fraction of sp³-hybridized carbons (Fsp3) is 0.389. The highest BCUT2D eigenvalue weighted by Gasteiger charge is 2.38. The first-order valence-electron chi connectivity index (χ1n) is 8.67. The summed E-state index contributed by atoms with van der Waals surface area (Å²) in [4.78, 5) is 15.0. The Morgan fingerprint density at radius 3 is 3.12 bits per heavy atom. The minimum Gasteiger partial charge on any atom is -0.368 e. The molecule has 0 aliphatic carbocycles. The molecule has 2 aliphatic heterocycles. The molecule has 0 bridgehead atoms. The molecule has 7 nitrogen and oxygen atoms in total. The smallest absolute Gasteiger partial charge is 0.270 e. The molecule has 26 heavy (non-hydrogen) atoms. The van der Waals surface area contributed by atoms with E-state index in [1.54, 1.807) is 6.20 Å². The summed E-state index contributed by atoms with van der Waals surface area (Å²) in [5.74, 6) is 0.00574. The molecule has 0 saturated carbocycles. The zero-order valence-corrected chi connectivity index (χ0v) is 15.1. The predicted octanol–water partition coefficient (Wildman–Crippen LogP) is 2.41. The fourth-order valence-electron chi connectivity index (χ4n) is 4.06. The molecule has 3 aromatic rings. The third kappa shape index (κ3) is 2.27. The summed E-state index contributed by atoms with van der Waals surface area (Å²) in [5.41, 5.74) is 2.59. The van der Waals surface area contributed by atoms with E-state index < -0.39 is 0 Å². The Bertz CT molecular complexity index is 1010. The van der Waals surface area contributed by atoms with Crippen LogP contribution in [0.1, 0.15) is 28.6 Å². The standard InChI is InChI=1S/C18H18ClN5O2/c1-22-14-4-2-3-13(19)12(14)7-16(22)18(25)23-6-5-15-17(9-23)26-10-11-8-20-21-24(11)15/h2-4,7-8,15,17H,5-6,9-10H2,1H3/t15-,17-/m0/s1. The Hall–Kier alpha value is -2.38. The van der Waals surface area contributed by atoms with Crippen molar-refractivity contribution < 1.29 is 9.53 Å². The molecule has 1 amide bonds. The van der Waals surface area contributed by atoms with Crippen molar-refractivity contribution in [3.8, 4) is 0 Å². The molecule has 0 spiro atoms. The van der Waals surface area contributed by atoms with Crippen molar-refractivity contribution in [3.05, 3.63) is 46.9 Å². The number of fused-ring (bicyclic) bond motifs is 4. The summed E-state index contributed by atoms with van der Waals surface area (Å²) < 4.78 is 9.83. The van der Waals surface area contributed by atoms with Gasteiger partial charge in [0, 0.05) is 36.1 Å². The van der Waals surface area contributed by atoms with Crippen LogP contribution >= 0.6 is 11.6 Å². The van der Waals surface area contributed by atoms with E-state index in [0.717, 1.165) is 23.0 Å². The average molecular weight is 372 g/mol. The Morgan fingerprint density at radius 1 is 1.38 bits per heavy atom. The number of nitrogens with zero attached hydrogens (tertiary/aromatic N) is 5. The number of ether oxygens (including phenoxy) is 1. The van der Waals surface area contributed by atoms with Crippen LogP contribution < -0.4 is 0 Å². The maximum atomic E-state index is 13.1. The van der Waals surface area contributed by atoms with Gasteiger partial charge in [0.1, 0.15) is 5.69 Å². The van der Waals surface area contributed by atoms with Crippen LogP contribution in [0.3, 0.4) is 0 Å². The molecule has 4 heterocycles. The SMILES string of the molecule is Cn1c(C(=O)N2CC[C@H]3[C@H](C2)OCc2cnnn23)cc2c(Cl)cccc21. The summed E-state index contributed by atoms with van der Waals surface area (Å²) in [6, 6.07) is 7.74. The van der Waals surface area contributed by atoms with Crippen LogP contribution in [0.5, 0.6) is 0 Å². The lowest BCUT2D eigenvalue weighted by Gasteiger charge is -2.40. The van der Waals surface area contributed by atoms with E-state index in [0.29, 0.717) is 30.4 Å². The van der Waals surface area contributed by atoms with Crippen molar-refractivity contribution in [1.29, 1.82) is 0 Å². The van der Waals surface area contributed by atoms with Gasteiger partial charge in [-0.1, -0.05) is 22.9 Å². The summed E-state index contributed by atoms with van der Waals surface area (Å²) >= 11 is 6.29. The third-order valence-corrected chi connectivity index (χ3v) is 5.80. The zero-order chi connectivity index (χ0) is 17.8. The van der Waals surface area contributed by atoms with Gasteiger partial charge in [-0.2, -0.15) is 0 Å². The van der Waals surface area contributed by atoms with Crippen molar-refractivity contribution in [1.82, 2.24) is 24.5 Å². The van der Waals surface area contributed by atoms with Crippen molar-refractivity contribution in [2.45, 2.75) is 25.2 Å². The van der Waals surface area contributed by atoms with Crippen LogP contribution in [-0.4, -0.2) is 49.6 Å². The largest absolute Gasteiger partial charge is 0.368 e. The van der Waals surface area contributed by atoms with Crippen LogP contribution in [0.15, 0.2) is 30.5 Å². The maximum Gasteiger partial charge on any atom is 0.270 e. The normalized spacial score (nSPS) is 22.3. The lowest BCUT2D eigenvalue weighted by atomic mass is 10.00. The molecule has 134 valence electrons. The van der Waals surface area contributed by atoms with E-state index in [1.165, 1.54) is 0 Å². The number of hydrogen-bond acceptors (Lipinski definition) is 4. The minimum atomic E-state index is -0.0554. The van der Waals surface area contributed by atoms with Gasteiger partial charge in [-0.05, 0) is 24.6 Å². The van der Waals surface area contributed by atoms with Crippen LogP contribution in [0, 0.1) is 0 Å². The Balaban J connectivity index is 1.43. The number of halogens is 1. The molecule has 1 fully saturated rings. The number of piperidine rings is 1. The van der Waals surface area contributed by atoms with Gasteiger partial charge >= 0.3 is 0 Å². The van der Waals surface area contributed by atoms with E-state index in [4.69, 9.17) is 16.3 Å². The number of rotatable bonds is 1. The number of hydrogen-bond donors (Lipinski definition) is 0. The molecule has 0 N–H and O–H groups in total. The molecule has 0 radical (unpaired) electrons. The highest BCUT2D eigenvalue weighted by atomic mass is 35.5. The Morgan fingerprint density at radius 2 is 2.27 bits per heavy atom. The van der Waals surface area contributed by atoms with Gasteiger partial charge in [-0.3, -0.25) is 4.79 Å². The summed E-state index contributed by atoms with van der Waals surface area (Å²) in [5, 5.41) is 9.72. The second-order valence-corrected chi connectivity index (χ2v) is 7.29. The van der Waals surface area contributed by atoms with E-state index in [2.05, 4.69) is 10.3 Å². The first-order chi connectivity index (χ1) is 12.6. The van der Waals surface area contributed by atoms with Crippen molar-refractivity contribution >= 4 is 28.4 Å². The quantitative estimate of drug-likeness (QED) is 0.659. The van der Waals surface area contributed by atoms with E-state index in [-0.39, 0.29) is 18.1 Å². The minimum absolute atomic E-state index is 0.00574. The summed E-state index contributed by atoms with van der Waals surface area (Å²) in [7, 11) is 1.90. The molecule has 0 unspecified atom stereocenters. The summed E-state index contributed by atoms with van der Waals surface area (Å²) in [6.07, 6.45) is 2.49. The molecule has 8 heteroatoms. The van der Waals surface area contributed by atoms with Gasteiger partial charge in [-0.15, -0.1) is 5.10 Å². The number of aryl methyl sites for hydroxylation is 1. The van der Waals surface area contributed by atoms with Gasteiger partial charge in [0.05, 0.1) is 30.6 Å². The second-order valence-electron chi connectivity index (χ2n) is 6.89. The van der Waals surface area contributed by atoms with Crippen molar-refractivity contribution in [2.24, 2.45) is 7.05 Å². The van der Waals surface area contributed by atoms with Crippen LogP contribution in [0.25, 0.3) is 10.9 Å². The fourth-order valence-corrected chi connectivity index (χ4v) is 4.29. The molecule has 1 aromatic carbocycles. The first kappa shape index (κ1) is 15.8. The molecular weight excluding hydrogens is 354 g/mol. The predicted molar refractivity (Wildman–Crippen MR) is 96.1 cm³/mol. The number of aromatic nitrogens is 4. The number of amides is 1. The van der Waals surface area contributed by atoms with Crippen molar-refractivity contribution in [2.75, 3.05) is 13.1 Å². The van der Waals surface area contributed by atoms with Gasteiger partial charge in [-0.25, -0.2) is 4.68 Å². The summed E-state index contributed by atoms with van der Waals surface area (Å²) in [6.45, 7) is 1.70. The van der Waals surface area contributed by atoms with E-state index >= 15 is 0 Å². The lowest BCUT2D eigenvalue weighted by molar-refractivity contribution is -0.0628. The number of likely N-dealkylation sites (tertiary alicyclic amines) is 1. The highest BCUT2D eigenvalue weighted by molar-refractivity contribution is 6.35. The molecule has 2 atom stereocenters. The van der Waals surface area contributed by atoms with Crippen LogP contribution in [0.2, 0.25) is 5.02 Å². The van der Waals surface area contributed by atoms with E-state index in [1.807, 2.05) is 45.5 Å². The second kappa shape index (κ2) is 5.82. The average Bonchev–Trinajstić information content (AvgIpc) is 3.26. The van der Waals surface area contributed by atoms with Crippen LogP contribution in [0.4, 0.5) is 0 Å². The third-order valence-electron chi connectivity index (χ3n) is 5.47. The number of carbonyl (C=O) groups excluding carboxylic acids is 1. The monoisotopic (exact) mass is 371 g/mol. The van der Waals surface area contributed by atoms with Gasteiger partial charge in [0.15, 0.2) is 0 Å². The highest BCUT2D eigenvalue weighted by Crippen LogP contribution is 2.32. The van der Waals surface area contributed by atoms with Crippen LogP contribution in [-0.2, 0) is 18.4 Å². The molecule has 2 aliphatic rings. The molecule has 1 saturated heterocycles. The Labute approximate surface area is 155 Å².